The molecule has 0 aliphatic rings. The number of aliphatic hydroxyl groups is 1. The molecule has 3 nitrogen and oxygen atoms in total. The molecule has 0 bridgehead atoms. The van der Waals surface area contributed by atoms with Gasteiger partial charge >= 0.3 is 0 Å². The first-order valence-electron chi connectivity index (χ1n) is 6.38. The third-order valence-electron chi connectivity index (χ3n) is 3.07. The van der Waals surface area contributed by atoms with E-state index in [1.165, 1.54) is 12.9 Å². The summed E-state index contributed by atoms with van der Waals surface area (Å²) in [4.78, 5) is 0. The van der Waals surface area contributed by atoms with Crippen molar-refractivity contribution in [3.8, 4) is 0 Å². The minimum absolute atomic E-state index is 0.557. The Morgan fingerprint density at radius 1 is 1.14 bits per heavy atom. The lowest BCUT2D eigenvalue weighted by molar-refractivity contribution is 0.228. The third kappa shape index (κ3) is 4.14. The highest BCUT2D eigenvalue weighted by molar-refractivity contribution is 9.10. The van der Waals surface area contributed by atoms with Gasteiger partial charge in [-0.25, -0.2) is 0 Å². The fourth-order valence-electron chi connectivity index (χ4n) is 1.84. The summed E-state index contributed by atoms with van der Waals surface area (Å²) in [6.07, 6.45) is 1.70. The fraction of sp³-hybridized carbons (Fsp3) is 0.125. The maximum atomic E-state index is 12.8. The van der Waals surface area contributed by atoms with Gasteiger partial charge in [-0.3, -0.25) is 4.57 Å². The molecular formula is C16H16BrO3P. The molecule has 2 aromatic rings. The molecule has 0 spiro atoms. The van der Waals surface area contributed by atoms with Crippen LogP contribution in [0.5, 0.6) is 0 Å². The monoisotopic (exact) mass is 366 g/mol. The standard InChI is InChI=1S/C16H16BrO3P/c1-20-21(19,12-11-13-5-3-2-4-6-13)16(18)14-7-9-15(17)10-8-14/h2-12,16,18H,1H3/b12-11+/t16-,21+/m1/s1. The highest BCUT2D eigenvalue weighted by Crippen LogP contribution is 2.59. The number of rotatable bonds is 5. The molecule has 2 aromatic carbocycles. The first-order chi connectivity index (χ1) is 10.0. The van der Waals surface area contributed by atoms with E-state index in [1.807, 2.05) is 30.3 Å². The van der Waals surface area contributed by atoms with E-state index in [2.05, 4.69) is 15.9 Å². The molecule has 0 fully saturated rings. The second-order valence-electron chi connectivity index (χ2n) is 4.48. The van der Waals surface area contributed by atoms with Crippen molar-refractivity contribution in [3.05, 3.63) is 76.0 Å². The molecule has 2 atom stereocenters. The van der Waals surface area contributed by atoms with Crippen LogP contribution in [-0.2, 0) is 9.09 Å². The van der Waals surface area contributed by atoms with Crippen LogP contribution < -0.4 is 0 Å². The van der Waals surface area contributed by atoms with Gasteiger partial charge in [-0.15, -0.1) is 0 Å². The molecule has 0 unspecified atom stereocenters. The van der Waals surface area contributed by atoms with Crippen LogP contribution in [0.1, 0.15) is 17.0 Å². The molecule has 0 heterocycles. The van der Waals surface area contributed by atoms with Crippen LogP contribution in [0.15, 0.2) is 64.9 Å². The SMILES string of the molecule is CO[P@@](=O)(/C=C/c1ccccc1)[C@@H](O)c1ccc(Br)cc1. The molecule has 0 amide bonds. The van der Waals surface area contributed by atoms with Crippen molar-refractivity contribution in [2.45, 2.75) is 5.85 Å². The molecule has 5 heteroatoms. The molecule has 0 radical (unpaired) electrons. The summed E-state index contributed by atoms with van der Waals surface area (Å²) in [5.74, 6) is 0.269. The predicted octanol–water partition coefficient (Wildman–Crippen LogP) is 5.04. The zero-order valence-corrected chi connectivity index (χ0v) is 14.0. The predicted molar refractivity (Wildman–Crippen MR) is 89.2 cm³/mol. The summed E-state index contributed by atoms with van der Waals surface area (Å²) in [6.45, 7) is 0. The number of hydrogen-bond acceptors (Lipinski definition) is 3. The van der Waals surface area contributed by atoms with Crippen molar-refractivity contribution in [1.29, 1.82) is 0 Å². The van der Waals surface area contributed by atoms with Gasteiger partial charge in [0, 0.05) is 17.4 Å². The van der Waals surface area contributed by atoms with Crippen LogP contribution in [0.3, 0.4) is 0 Å². The normalized spacial score (nSPS) is 15.8. The van der Waals surface area contributed by atoms with Crippen molar-refractivity contribution in [3.63, 3.8) is 0 Å². The Morgan fingerprint density at radius 2 is 1.76 bits per heavy atom. The summed E-state index contributed by atoms with van der Waals surface area (Å²) in [7, 11) is -1.99. The summed E-state index contributed by atoms with van der Waals surface area (Å²) < 4.78 is 18.8. The van der Waals surface area contributed by atoms with Gasteiger partial charge in [-0.1, -0.05) is 58.4 Å². The smallest absolute Gasteiger partial charge is 0.256 e. The Labute approximate surface area is 132 Å². The summed E-state index contributed by atoms with van der Waals surface area (Å²) in [6, 6.07) is 16.5. The van der Waals surface area contributed by atoms with Crippen LogP contribution in [-0.4, -0.2) is 12.2 Å². The van der Waals surface area contributed by atoms with Gasteiger partial charge in [-0.2, -0.15) is 0 Å². The highest BCUT2D eigenvalue weighted by atomic mass is 79.9. The maximum Gasteiger partial charge on any atom is 0.256 e. The van der Waals surface area contributed by atoms with E-state index in [0.29, 0.717) is 5.56 Å². The fourth-order valence-corrected chi connectivity index (χ4v) is 3.56. The zero-order chi connectivity index (χ0) is 15.3. The van der Waals surface area contributed by atoms with E-state index in [9.17, 15) is 9.67 Å². The second-order valence-corrected chi connectivity index (χ2v) is 7.84. The van der Waals surface area contributed by atoms with Gasteiger partial charge in [0.05, 0.1) is 0 Å². The Hall–Kier alpha value is -1.19. The van der Waals surface area contributed by atoms with Crippen molar-refractivity contribution < 1.29 is 14.2 Å². The molecule has 0 aliphatic carbocycles. The molecule has 110 valence electrons. The van der Waals surface area contributed by atoms with Crippen LogP contribution in [0, 0.1) is 0 Å². The van der Waals surface area contributed by atoms with Crippen LogP contribution in [0.25, 0.3) is 6.08 Å². The first kappa shape index (κ1) is 16.2. The summed E-state index contributed by atoms with van der Waals surface area (Å²) in [5, 5.41) is 10.4. The van der Waals surface area contributed by atoms with E-state index >= 15 is 0 Å². The van der Waals surface area contributed by atoms with Gasteiger partial charge in [0.2, 0.25) is 0 Å². The lowest BCUT2D eigenvalue weighted by atomic mass is 10.2. The second kappa shape index (κ2) is 7.19. The van der Waals surface area contributed by atoms with E-state index in [0.717, 1.165) is 10.0 Å². The number of aliphatic hydroxyl groups excluding tert-OH is 1. The minimum Gasteiger partial charge on any atom is -0.378 e. The molecule has 0 saturated heterocycles. The topological polar surface area (TPSA) is 46.5 Å². The van der Waals surface area contributed by atoms with Gasteiger partial charge in [0.25, 0.3) is 7.37 Å². The first-order valence-corrected chi connectivity index (χ1v) is 8.94. The van der Waals surface area contributed by atoms with Crippen molar-refractivity contribution in [2.75, 3.05) is 7.11 Å². The van der Waals surface area contributed by atoms with Gasteiger partial charge in [-0.05, 0) is 29.3 Å². The van der Waals surface area contributed by atoms with Crippen molar-refractivity contribution >= 4 is 29.4 Å². The third-order valence-corrected chi connectivity index (χ3v) is 5.71. The summed E-state index contributed by atoms with van der Waals surface area (Å²) >= 11 is 3.33. The van der Waals surface area contributed by atoms with E-state index < -0.39 is 13.2 Å². The Balaban J connectivity index is 2.26. The summed E-state index contributed by atoms with van der Waals surface area (Å²) in [5.41, 5.74) is 1.46. The van der Waals surface area contributed by atoms with Gasteiger partial charge < -0.3 is 9.63 Å². The van der Waals surface area contributed by atoms with E-state index in [-0.39, 0.29) is 0 Å². The van der Waals surface area contributed by atoms with Gasteiger partial charge in [0.1, 0.15) is 0 Å². The Kier molecular flexibility index (Phi) is 5.54. The number of hydrogen-bond donors (Lipinski definition) is 1. The van der Waals surface area contributed by atoms with Crippen LogP contribution in [0.4, 0.5) is 0 Å². The average Bonchev–Trinajstić information content (AvgIpc) is 2.53. The van der Waals surface area contributed by atoms with E-state index in [4.69, 9.17) is 4.52 Å². The lowest BCUT2D eigenvalue weighted by Crippen LogP contribution is -1.99. The number of benzene rings is 2. The van der Waals surface area contributed by atoms with Gasteiger partial charge in [0.15, 0.2) is 5.85 Å². The molecule has 0 aliphatic heterocycles. The van der Waals surface area contributed by atoms with Crippen molar-refractivity contribution in [1.82, 2.24) is 0 Å². The molecule has 0 aromatic heterocycles. The largest absolute Gasteiger partial charge is 0.378 e. The Bertz CT molecular complexity index is 653. The lowest BCUT2D eigenvalue weighted by Gasteiger charge is -2.19. The Morgan fingerprint density at radius 3 is 2.33 bits per heavy atom. The van der Waals surface area contributed by atoms with Crippen LogP contribution in [0.2, 0.25) is 0 Å². The highest BCUT2D eigenvalue weighted by Gasteiger charge is 2.30. The van der Waals surface area contributed by atoms with E-state index in [1.54, 1.807) is 30.3 Å². The number of halogens is 1. The van der Waals surface area contributed by atoms with Crippen LogP contribution >= 0.6 is 23.3 Å². The molecular weight excluding hydrogens is 351 g/mol. The minimum atomic E-state index is -3.33. The quantitative estimate of drug-likeness (QED) is 0.754. The zero-order valence-electron chi connectivity index (χ0n) is 11.5. The average molecular weight is 367 g/mol. The molecule has 2 rings (SSSR count). The molecule has 1 N–H and O–H groups in total. The maximum absolute atomic E-state index is 12.8. The molecule has 21 heavy (non-hydrogen) atoms. The molecule has 0 saturated carbocycles. The van der Waals surface area contributed by atoms with Crippen molar-refractivity contribution in [2.24, 2.45) is 0 Å².